The van der Waals surface area contributed by atoms with Crippen LogP contribution >= 0.6 is 11.3 Å². The summed E-state index contributed by atoms with van der Waals surface area (Å²) in [6.45, 7) is 2.34. The molecular weight excluding hydrogens is 190 g/mol. The van der Waals surface area contributed by atoms with Crippen molar-refractivity contribution in [1.29, 1.82) is 0 Å². The van der Waals surface area contributed by atoms with Crippen molar-refractivity contribution >= 4 is 17.4 Å². The third-order valence-electron chi connectivity index (χ3n) is 1.29. The van der Waals surface area contributed by atoms with Gasteiger partial charge in [-0.1, -0.05) is 0 Å². The third kappa shape index (κ3) is 3.39. The molecular formula is C7H11N3O2S. The van der Waals surface area contributed by atoms with Gasteiger partial charge in [0.15, 0.2) is 0 Å². The van der Waals surface area contributed by atoms with Crippen LogP contribution < -0.4 is 10.8 Å². The van der Waals surface area contributed by atoms with Gasteiger partial charge < -0.3 is 5.32 Å². The largest absolute Gasteiger partial charge is 0.339 e. The highest BCUT2D eigenvalue weighted by Gasteiger charge is 2.01. The van der Waals surface area contributed by atoms with Crippen LogP contribution in [0.4, 0.5) is 4.79 Å². The van der Waals surface area contributed by atoms with Crippen molar-refractivity contribution in [2.75, 3.05) is 7.11 Å². The van der Waals surface area contributed by atoms with E-state index >= 15 is 0 Å². The molecule has 72 valence electrons. The van der Waals surface area contributed by atoms with Gasteiger partial charge in [0, 0.05) is 5.38 Å². The maximum absolute atomic E-state index is 10.9. The van der Waals surface area contributed by atoms with E-state index in [4.69, 9.17) is 0 Å². The molecule has 2 amide bonds. The fourth-order valence-corrected chi connectivity index (χ4v) is 1.40. The number of amides is 2. The van der Waals surface area contributed by atoms with Crippen molar-refractivity contribution in [3.8, 4) is 0 Å². The summed E-state index contributed by atoms with van der Waals surface area (Å²) in [7, 11) is 1.38. The number of aryl methyl sites for hydroxylation is 1. The molecule has 0 spiro atoms. The summed E-state index contributed by atoms with van der Waals surface area (Å²) in [5.74, 6) is 0. The van der Waals surface area contributed by atoms with Gasteiger partial charge in [-0.05, 0) is 6.92 Å². The van der Waals surface area contributed by atoms with Crippen LogP contribution in [0.3, 0.4) is 0 Å². The first kappa shape index (κ1) is 9.94. The lowest BCUT2D eigenvalue weighted by Gasteiger charge is -2.02. The molecule has 0 aliphatic rings. The Balaban J connectivity index is 2.30. The standard InChI is InChI=1S/C7H11N3O2S/c1-5-9-6(4-13-5)3-8-7(11)10-12-2/h4H,3H2,1-2H3,(H2,8,10,11). The van der Waals surface area contributed by atoms with Gasteiger partial charge in [0.25, 0.3) is 0 Å². The van der Waals surface area contributed by atoms with Gasteiger partial charge in [-0.2, -0.15) is 0 Å². The molecule has 1 aromatic heterocycles. The van der Waals surface area contributed by atoms with Crippen molar-refractivity contribution in [2.24, 2.45) is 0 Å². The molecule has 1 aromatic rings. The van der Waals surface area contributed by atoms with Gasteiger partial charge in [0.1, 0.15) is 0 Å². The van der Waals surface area contributed by atoms with Crippen LogP contribution in [-0.2, 0) is 11.4 Å². The topological polar surface area (TPSA) is 63.2 Å². The first-order valence-corrected chi connectivity index (χ1v) is 4.58. The molecule has 0 fully saturated rings. The number of aromatic nitrogens is 1. The zero-order valence-electron chi connectivity index (χ0n) is 7.46. The van der Waals surface area contributed by atoms with Crippen LogP contribution in [0.25, 0.3) is 0 Å². The Morgan fingerprint density at radius 3 is 3.08 bits per heavy atom. The zero-order valence-corrected chi connectivity index (χ0v) is 8.27. The quantitative estimate of drug-likeness (QED) is 0.711. The number of thiazole rings is 1. The smallest absolute Gasteiger partial charge is 0.331 e. The maximum atomic E-state index is 10.9. The van der Waals surface area contributed by atoms with Crippen LogP contribution in [0.15, 0.2) is 5.38 Å². The summed E-state index contributed by atoms with van der Waals surface area (Å²) in [6, 6.07) is -0.367. The fourth-order valence-electron chi connectivity index (χ4n) is 0.789. The van der Waals surface area contributed by atoms with Crippen molar-refractivity contribution in [1.82, 2.24) is 15.8 Å². The Morgan fingerprint density at radius 2 is 2.54 bits per heavy atom. The number of hydrogen-bond acceptors (Lipinski definition) is 4. The van der Waals surface area contributed by atoms with Crippen molar-refractivity contribution in [3.63, 3.8) is 0 Å². The number of rotatable bonds is 3. The molecule has 13 heavy (non-hydrogen) atoms. The molecule has 0 saturated heterocycles. The van der Waals surface area contributed by atoms with Gasteiger partial charge in [-0.15, -0.1) is 11.3 Å². The molecule has 0 atom stereocenters. The normalized spacial score (nSPS) is 9.69. The number of urea groups is 1. The molecule has 0 saturated carbocycles. The van der Waals surface area contributed by atoms with Gasteiger partial charge in [0.2, 0.25) is 0 Å². The molecule has 0 aliphatic carbocycles. The lowest BCUT2D eigenvalue weighted by molar-refractivity contribution is 0.107. The maximum Gasteiger partial charge on any atom is 0.339 e. The van der Waals surface area contributed by atoms with Crippen molar-refractivity contribution in [3.05, 3.63) is 16.1 Å². The summed E-state index contributed by atoms with van der Waals surface area (Å²) in [4.78, 5) is 19.4. The monoisotopic (exact) mass is 201 g/mol. The Bertz CT molecular complexity index is 287. The van der Waals surface area contributed by atoms with Gasteiger partial charge in [0.05, 0.1) is 24.4 Å². The molecule has 1 rings (SSSR count). The average Bonchev–Trinajstić information content (AvgIpc) is 2.49. The first-order chi connectivity index (χ1) is 6.22. The second-order valence-electron chi connectivity index (χ2n) is 2.35. The van der Waals surface area contributed by atoms with E-state index < -0.39 is 0 Å². The van der Waals surface area contributed by atoms with Gasteiger partial charge in [-0.3, -0.25) is 4.84 Å². The van der Waals surface area contributed by atoms with E-state index in [1.807, 2.05) is 12.3 Å². The summed E-state index contributed by atoms with van der Waals surface area (Å²) < 4.78 is 0. The van der Waals surface area contributed by atoms with Gasteiger partial charge >= 0.3 is 6.03 Å². The second kappa shape index (κ2) is 4.78. The number of hydrogen-bond donors (Lipinski definition) is 2. The lowest BCUT2D eigenvalue weighted by atomic mass is 10.5. The zero-order chi connectivity index (χ0) is 9.68. The summed E-state index contributed by atoms with van der Waals surface area (Å²) in [5, 5.41) is 5.48. The van der Waals surface area contributed by atoms with E-state index in [1.54, 1.807) is 11.3 Å². The number of hydroxylamine groups is 1. The van der Waals surface area contributed by atoms with E-state index in [9.17, 15) is 4.79 Å². The fraction of sp³-hybridized carbons (Fsp3) is 0.429. The minimum absolute atomic E-state index is 0.367. The summed E-state index contributed by atoms with van der Waals surface area (Å²) >= 11 is 1.56. The molecule has 0 aromatic carbocycles. The van der Waals surface area contributed by atoms with E-state index in [1.165, 1.54) is 7.11 Å². The summed E-state index contributed by atoms with van der Waals surface area (Å²) in [5.41, 5.74) is 3.00. The Hall–Kier alpha value is -1.14. The minimum Gasteiger partial charge on any atom is -0.331 e. The third-order valence-corrected chi connectivity index (χ3v) is 2.11. The Morgan fingerprint density at radius 1 is 1.77 bits per heavy atom. The molecule has 0 unspecified atom stereocenters. The highest BCUT2D eigenvalue weighted by molar-refractivity contribution is 7.09. The molecule has 6 heteroatoms. The predicted octanol–water partition coefficient (Wildman–Crippen LogP) is 0.812. The van der Waals surface area contributed by atoms with Crippen molar-refractivity contribution in [2.45, 2.75) is 13.5 Å². The number of carbonyl (C=O) groups is 1. The van der Waals surface area contributed by atoms with Crippen LogP contribution in [-0.4, -0.2) is 18.1 Å². The van der Waals surface area contributed by atoms with Crippen molar-refractivity contribution < 1.29 is 9.63 Å². The summed E-state index contributed by atoms with van der Waals surface area (Å²) in [6.07, 6.45) is 0. The second-order valence-corrected chi connectivity index (χ2v) is 3.41. The number of carbonyl (C=O) groups excluding carboxylic acids is 1. The Kier molecular flexibility index (Phi) is 3.66. The molecule has 2 N–H and O–H groups in total. The predicted molar refractivity (Wildman–Crippen MR) is 49.2 cm³/mol. The van der Waals surface area contributed by atoms with E-state index in [2.05, 4.69) is 20.6 Å². The van der Waals surface area contributed by atoms with Gasteiger partial charge in [-0.25, -0.2) is 15.3 Å². The van der Waals surface area contributed by atoms with E-state index in [0.29, 0.717) is 6.54 Å². The molecule has 5 nitrogen and oxygen atoms in total. The highest BCUT2D eigenvalue weighted by Crippen LogP contribution is 2.06. The van der Waals surface area contributed by atoms with E-state index in [-0.39, 0.29) is 6.03 Å². The van der Waals surface area contributed by atoms with Crippen LogP contribution in [0, 0.1) is 6.92 Å². The number of nitrogens with one attached hydrogen (secondary N) is 2. The van der Waals surface area contributed by atoms with E-state index in [0.717, 1.165) is 10.7 Å². The lowest BCUT2D eigenvalue weighted by Crippen LogP contribution is -2.34. The minimum atomic E-state index is -0.367. The van der Waals surface area contributed by atoms with Crippen LogP contribution in [0.5, 0.6) is 0 Å². The first-order valence-electron chi connectivity index (χ1n) is 3.70. The molecule has 1 heterocycles. The number of nitrogens with zero attached hydrogens (tertiary/aromatic N) is 1. The average molecular weight is 201 g/mol. The van der Waals surface area contributed by atoms with Crippen LogP contribution in [0.2, 0.25) is 0 Å². The van der Waals surface area contributed by atoms with Crippen LogP contribution in [0.1, 0.15) is 10.7 Å². The Labute approximate surface area is 80.1 Å². The molecule has 0 radical (unpaired) electrons. The highest BCUT2D eigenvalue weighted by atomic mass is 32.1. The molecule has 0 aliphatic heterocycles. The SMILES string of the molecule is CONC(=O)NCc1csc(C)n1. The molecule has 0 bridgehead atoms.